The number of benzene rings is 2. The monoisotopic (exact) mass is 383 g/mol. The number of ether oxygens (including phenoxy) is 2. The fraction of sp³-hybridized carbons (Fsp3) is 0.238. The highest BCUT2D eigenvalue weighted by Crippen LogP contribution is 2.07. The summed E-state index contributed by atoms with van der Waals surface area (Å²) in [6.45, 7) is -0.192. The van der Waals surface area contributed by atoms with Gasteiger partial charge in [-0.1, -0.05) is 42.5 Å². The van der Waals surface area contributed by atoms with Crippen LogP contribution in [0.15, 0.2) is 54.6 Å². The maximum Gasteiger partial charge on any atom is 0.337 e. The van der Waals surface area contributed by atoms with Gasteiger partial charge in [-0.15, -0.1) is 0 Å². The molecule has 0 saturated heterocycles. The zero-order valence-electron chi connectivity index (χ0n) is 15.5. The highest BCUT2D eigenvalue weighted by Gasteiger charge is 2.12. The van der Waals surface area contributed by atoms with Crippen molar-refractivity contribution in [3.8, 4) is 0 Å². The van der Waals surface area contributed by atoms with Gasteiger partial charge in [0.1, 0.15) is 0 Å². The summed E-state index contributed by atoms with van der Waals surface area (Å²) in [5, 5.41) is 2.61. The number of methoxy groups -OCH3 is 1. The molecule has 0 bridgehead atoms. The molecule has 2 rings (SSSR count). The molecule has 2 aromatic carbocycles. The van der Waals surface area contributed by atoms with Gasteiger partial charge in [0.25, 0.3) is 5.91 Å². The summed E-state index contributed by atoms with van der Waals surface area (Å²) in [6, 6.07) is 15.2. The molecular weight excluding hydrogens is 362 g/mol. The maximum absolute atomic E-state index is 11.9. The summed E-state index contributed by atoms with van der Waals surface area (Å²) in [5.74, 6) is -1.66. The van der Waals surface area contributed by atoms with Crippen LogP contribution in [0.3, 0.4) is 0 Å². The number of esters is 2. The smallest absolute Gasteiger partial charge is 0.337 e. The Hall–Kier alpha value is -3.48. The van der Waals surface area contributed by atoms with Gasteiger partial charge in [0, 0.05) is 18.5 Å². The Morgan fingerprint density at radius 1 is 0.857 bits per heavy atom. The number of nitrogens with one attached hydrogen (secondary N) is 1. The number of hydrogen-bond acceptors (Lipinski definition) is 6. The van der Waals surface area contributed by atoms with E-state index in [9.17, 15) is 19.2 Å². The predicted molar refractivity (Wildman–Crippen MR) is 101 cm³/mol. The number of carbonyl (C=O) groups excluding carboxylic acids is 4. The Bertz CT molecular complexity index is 830. The standard InChI is InChI=1S/C21H21NO6/c1-27-21(26)17-9-7-15(8-10-17)13-22-19(24)14-28-20(25)12-11-18(23)16-5-3-2-4-6-16/h2-10H,11-14H2,1H3,(H,22,24). The highest BCUT2D eigenvalue weighted by molar-refractivity contribution is 5.97. The van der Waals surface area contributed by atoms with E-state index in [4.69, 9.17) is 4.74 Å². The quantitative estimate of drug-likeness (QED) is 0.527. The third-order valence-electron chi connectivity index (χ3n) is 3.88. The number of amides is 1. The van der Waals surface area contributed by atoms with Gasteiger partial charge in [0.05, 0.1) is 19.1 Å². The minimum Gasteiger partial charge on any atom is -0.465 e. The third-order valence-corrected chi connectivity index (χ3v) is 3.88. The number of ketones is 1. The normalized spacial score (nSPS) is 10.0. The minimum atomic E-state index is -0.609. The van der Waals surface area contributed by atoms with Gasteiger partial charge in [0.15, 0.2) is 12.4 Å². The predicted octanol–water partition coefficient (Wildman–Crippen LogP) is 2.30. The molecule has 0 aromatic heterocycles. The lowest BCUT2D eigenvalue weighted by Gasteiger charge is -2.07. The Kier molecular flexibility index (Phi) is 7.90. The average Bonchev–Trinajstić information content (AvgIpc) is 2.74. The van der Waals surface area contributed by atoms with Gasteiger partial charge < -0.3 is 14.8 Å². The van der Waals surface area contributed by atoms with Gasteiger partial charge in [0.2, 0.25) is 0 Å². The first-order valence-electron chi connectivity index (χ1n) is 8.67. The van der Waals surface area contributed by atoms with Gasteiger partial charge in [-0.2, -0.15) is 0 Å². The SMILES string of the molecule is COC(=O)c1ccc(CNC(=O)COC(=O)CCC(=O)c2ccccc2)cc1. The summed E-state index contributed by atoms with van der Waals surface area (Å²) in [4.78, 5) is 46.7. The molecule has 2 aromatic rings. The first kappa shape index (κ1) is 20.8. The van der Waals surface area contributed by atoms with E-state index in [1.807, 2.05) is 0 Å². The van der Waals surface area contributed by atoms with Crippen molar-refractivity contribution in [3.63, 3.8) is 0 Å². The van der Waals surface area contributed by atoms with Crippen molar-refractivity contribution in [2.45, 2.75) is 19.4 Å². The fourth-order valence-electron chi connectivity index (χ4n) is 2.33. The van der Waals surface area contributed by atoms with E-state index in [0.717, 1.165) is 5.56 Å². The molecule has 0 aliphatic carbocycles. The summed E-state index contributed by atoms with van der Waals surface area (Å²) in [7, 11) is 1.30. The van der Waals surface area contributed by atoms with E-state index >= 15 is 0 Å². The van der Waals surface area contributed by atoms with Crippen molar-refractivity contribution in [1.82, 2.24) is 5.32 Å². The second-order valence-corrected chi connectivity index (χ2v) is 5.92. The van der Waals surface area contributed by atoms with Crippen LogP contribution in [0.5, 0.6) is 0 Å². The van der Waals surface area contributed by atoms with Crippen molar-refractivity contribution in [3.05, 3.63) is 71.3 Å². The van der Waals surface area contributed by atoms with E-state index in [0.29, 0.717) is 11.1 Å². The van der Waals surface area contributed by atoms with Crippen LogP contribution in [-0.4, -0.2) is 37.3 Å². The number of carbonyl (C=O) groups is 4. The summed E-state index contributed by atoms with van der Waals surface area (Å²) >= 11 is 0. The van der Waals surface area contributed by atoms with Crippen LogP contribution in [0.4, 0.5) is 0 Å². The van der Waals surface area contributed by atoms with Gasteiger partial charge in [-0.05, 0) is 17.7 Å². The van der Waals surface area contributed by atoms with Crippen LogP contribution in [0.25, 0.3) is 0 Å². The maximum atomic E-state index is 11.9. The first-order chi connectivity index (χ1) is 13.5. The lowest BCUT2D eigenvalue weighted by molar-refractivity contribution is -0.148. The lowest BCUT2D eigenvalue weighted by atomic mass is 10.1. The Morgan fingerprint density at radius 2 is 1.54 bits per heavy atom. The van der Waals surface area contributed by atoms with E-state index in [1.165, 1.54) is 7.11 Å². The molecule has 0 spiro atoms. The third kappa shape index (κ3) is 6.68. The summed E-state index contributed by atoms with van der Waals surface area (Å²) in [6.07, 6.45) is -0.0625. The van der Waals surface area contributed by atoms with Crippen molar-refractivity contribution in [2.75, 3.05) is 13.7 Å². The molecule has 146 valence electrons. The molecule has 1 amide bonds. The molecule has 0 aliphatic rings. The van der Waals surface area contributed by atoms with Gasteiger partial charge in [-0.3, -0.25) is 14.4 Å². The largest absolute Gasteiger partial charge is 0.465 e. The van der Waals surface area contributed by atoms with Crippen LogP contribution in [-0.2, 0) is 25.6 Å². The van der Waals surface area contributed by atoms with Crippen LogP contribution in [0.1, 0.15) is 39.1 Å². The van der Waals surface area contributed by atoms with Crippen LogP contribution < -0.4 is 5.32 Å². The van der Waals surface area contributed by atoms with Crippen LogP contribution in [0.2, 0.25) is 0 Å². The molecule has 7 heteroatoms. The molecule has 0 heterocycles. The van der Waals surface area contributed by atoms with Gasteiger partial charge in [-0.25, -0.2) is 4.79 Å². The number of Topliss-reactive ketones (excluding diaryl/α,β-unsaturated/α-hetero) is 1. The lowest BCUT2D eigenvalue weighted by Crippen LogP contribution is -2.28. The highest BCUT2D eigenvalue weighted by atomic mass is 16.5. The second kappa shape index (κ2) is 10.6. The molecular formula is C21H21NO6. The van der Waals surface area contributed by atoms with Crippen LogP contribution >= 0.6 is 0 Å². The summed E-state index contributed by atoms with van der Waals surface area (Å²) < 4.78 is 9.49. The molecule has 7 nitrogen and oxygen atoms in total. The fourth-order valence-corrected chi connectivity index (χ4v) is 2.33. The van der Waals surface area contributed by atoms with E-state index in [1.54, 1.807) is 54.6 Å². The van der Waals surface area contributed by atoms with E-state index in [-0.39, 0.29) is 25.2 Å². The molecule has 0 saturated carbocycles. The van der Waals surface area contributed by atoms with E-state index < -0.39 is 24.5 Å². The molecule has 0 unspecified atom stereocenters. The zero-order valence-corrected chi connectivity index (χ0v) is 15.5. The number of hydrogen-bond donors (Lipinski definition) is 1. The summed E-state index contributed by atoms with van der Waals surface area (Å²) in [5.41, 5.74) is 1.73. The van der Waals surface area contributed by atoms with Crippen molar-refractivity contribution in [1.29, 1.82) is 0 Å². The van der Waals surface area contributed by atoms with Crippen molar-refractivity contribution < 1.29 is 28.7 Å². The molecule has 0 radical (unpaired) electrons. The Labute approximate surface area is 162 Å². The van der Waals surface area contributed by atoms with E-state index in [2.05, 4.69) is 10.1 Å². The Balaban J connectivity index is 1.67. The van der Waals surface area contributed by atoms with Crippen LogP contribution in [0, 0.1) is 0 Å². The molecule has 0 fully saturated rings. The topological polar surface area (TPSA) is 98.8 Å². The average molecular weight is 383 g/mol. The number of rotatable bonds is 9. The van der Waals surface area contributed by atoms with Crippen molar-refractivity contribution >= 4 is 23.6 Å². The first-order valence-corrected chi connectivity index (χ1v) is 8.67. The van der Waals surface area contributed by atoms with Crippen molar-refractivity contribution in [2.24, 2.45) is 0 Å². The second-order valence-electron chi connectivity index (χ2n) is 5.92. The molecule has 0 atom stereocenters. The zero-order chi connectivity index (χ0) is 20.4. The molecule has 0 aliphatic heterocycles. The Morgan fingerprint density at radius 3 is 2.18 bits per heavy atom. The molecule has 1 N–H and O–H groups in total. The minimum absolute atomic E-state index is 0.0248. The molecule has 28 heavy (non-hydrogen) atoms. The van der Waals surface area contributed by atoms with Gasteiger partial charge >= 0.3 is 11.9 Å².